The summed E-state index contributed by atoms with van der Waals surface area (Å²) in [6.45, 7) is 3.49. The molecule has 140 valence electrons. The zero-order valence-electron chi connectivity index (χ0n) is 14.1. The molecule has 0 saturated carbocycles. The number of thiophene rings is 1. The Labute approximate surface area is 157 Å². The van der Waals surface area contributed by atoms with E-state index in [0.29, 0.717) is 23.9 Å². The van der Waals surface area contributed by atoms with Gasteiger partial charge in [0.25, 0.3) is 0 Å². The van der Waals surface area contributed by atoms with Crippen LogP contribution in [0.1, 0.15) is 25.5 Å². The molecule has 1 fully saturated rings. The number of aromatic nitrogens is 2. The molecule has 1 amide bonds. The molecule has 4 nitrogen and oxygen atoms in total. The third-order valence-electron chi connectivity index (χ3n) is 4.10. The molecule has 1 aliphatic heterocycles. The van der Waals surface area contributed by atoms with Crippen LogP contribution in [0, 0.1) is 5.92 Å². The quantitative estimate of drug-likeness (QED) is 0.556. The van der Waals surface area contributed by atoms with Gasteiger partial charge in [0.1, 0.15) is 5.69 Å². The maximum Gasteiger partial charge on any atom is 0.433 e. The summed E-state index contributed by atoms with van der Waals surface area (Å²) in [5, 5.41) is 1.75. The number of likely N-dealkylation sites (tertiary alicyclic amines) is 1. The van der Waals surface area contributed by atoms with Gasteiger partial charge in [-0.1, -0.05) is 24.8 Å². The molecular weight excluding hydrogens is 383 g/mol. The molecule has 0 spiro atoms. The average molecular weight is 401 g/mol. The molecule has 0 aliphatic carbocycles. The van der Waals surface area contributed by atoms with E-state index in [-0.39, 0.29) is 22.5 Å². The highest BCUT2D eigenvalue weighted by Gasteiger charge is 2.34. The summed E-state index contributed by atoms with van der Waals surface area (Å²) in [4.78, 5) is 22.6. The number of carbonyl (C=O) groups is 1. The molecule has 0 radical (unpaired) electrons. The second-order valence-electron chi connectivity index (χ2n) is 6.27. The fourth-order valence-corrected chi connectivity index (χ4v) is 4.27. The van der Waals surface area contributed by atoms with Gasteiger partial charge in [-0.2, -0.15) is 13.2 Å². The van der Waals surface area contributed by atoms with Crippen LogP contribution in [0.5, 0.6) is 0 Å². The van der Waals surface area contributed by atoms with E-state index in [1.807, 2.05) is 0 Å². The molecule has 26 heavy (non-hydrogen) atoms. The second kappa shape index (κ2) is 7.96. The second-order valence-corrected chi connectivity index (χ2v) is 8.16. The van der Waals surface area contributed by atoms with Crippen LogP contribution in [0.2, 0.25) is 0 Å². The predicted molar refractivity (Wildman–Crippen MR) is 96.0 cm³/mol. The van der Waals surface area contributed by atoms with E-state index in [1.54, 1.807) is 22.4 Å². The minimum atomic E-state index is -4.56. The fraction of sp³-hybridized carbons (Fsp3) is 0.471. The minimum absolute atomic E-state index is 0.0263. The van der Waals surface area contributed by atoms with Gasteiger partial charge in [-0.15, -0.1) is 11.3 Å². The van der Waals surface area contributed by atoms with Crippen LogP contribution in [-0.4, -0.2) is 39.6 Å². The molecule has 3 heterocycles. The molecule has 1 aliphatic rings. The van der Waals surface area contributed by atoms with Crippen LogP contribution < -0.4 is 0 Å². The first-order valence-electron chi connectivity index (χ1n) is 8.23. The highest BCUT2D eigenvalue weighted by molar-refractivity contribution is 7.99. The Balaban J connectivity index is 1.76. The maximum absolute atomic E-state index is 13.2. The Morgan fingerprint density at radius 1 is 1.42 bits per heavy atom. The Hall–Kier alpha value is -1.61. The summed E-state index contributed by atoms with van der Waals surface area (Å²) < 4.78 is 39.5. The molecule has 1 saturated heterocycles. The third kappa shape index (κ3) is 4.76. The van der Waals surface area contributed by atoms with Crippen molar-refractivity contribution in [2.24, 2.45) is 5.92 Å². The number of alkyl halides is 3. The Bertz CT molecular complexity index is 765. The van der Waals surface area contributed by atoms with Crippen LogP contribution >= 0.6 is 23.1 Å². The zero-order valence-corrected chi connectivity index (χ0v) is 15.8. The molecule has 0 bridgehead atoms. The van der Waals surface area contributed by atoms with Gasteiger partial charge in [0, 0.05) is 13.1 Å². The van der Waals surface area contributed by atoms with Crippen LogP contribution in [0.15, 0.2) is 28.7 Å². The number of amides is 1. The molecule has 0 N–H and O–H groups in total. The molecule has 1 unspecified atom stereocenters. The van der Waals surface area contributed by atoms with E-state index >= 15 is 0 Å². The van der Waals surface area contributed by atoms with E-state index < -0.39 is 11.9 Å². The topological polar surface area (TPSA) is 46.1 Å². The van der Waals surface area contributed by atoms with Gasteiger partial charge >= 0.3 is 6.18 Å². The number of hydrogen-bond donors (Lipinski definition) is 0. The molecule has 2 aromatic rings. The SMILES string of the molecule is CC1CCCN(C(=O)CSc2nc(-c3cccs3)cc(C(F)(F)F)n2)C1. The minimum Gasteiger partial charge on any atom is -0.342 e. The molecule has 1 atom stereocenters. The van der Waals surface area contributed by atoms with Crippen molar-refractivity contribution in [2.45, 2.75) is 31.1 Å². The number of halogens is 3. The van der Waals surface area contributed by atoms with Gasteiger partial charge in [-0.25, -0.2) is 9.97 Å². The van der Waals surface area contributed by atoms with Crippen molar-refractivity contribution in [1.29, 1.82) is 0 Å². The number of nitrogens with zero attached hydrogens (tertiary/aromatic N) is 3. The largest absolute Gasteiger partial charge is 0.433 e. The number of thioether (sulfide) groups is 1. The van der Waals surface area contributed by atoms with E-state index in [1.165, 1.54) is 11.3 Å². The first-order chi connectivity index (χ1) is 12.3. The van der Waals surface area contributed by atoms with Crippen molar-refractivity contribution in [2.75, 3.05) is 18.8 Å². The van der Waals surface area contributed by atoms with Crippen molar-refractivity contribution in [1.82, 2.24) is 14.9 Å². The van der Waals surface area contributed by atoms with Gasteiger partial charge < -0.3 is 4.90 Å². The standard InChI is InChI=1S/C17H18F3N3OS2/c1-11-4-2-6-23(9-11)15(24)10-26-16-21-12(13-5-3-7-25-13)8-14(22-16)17(18,19)20/h3,5,7-8,11H,2,4,6,9-10H2,1H3. The van der Waals surface area contributed by atoms with Gasteiger partial charge in [-0.05, 0) is 36.3 Å². The zero-order chi connectivity index (χ0) is 18.7. The maximum atomic E-state index is 13.2. The lowest BCUT2D eigenvalue weighted by Crippen LogP contribution is -2.40. The lowest BCUT2D eigenvalue weighted by Gasteiger charge is -2.30. The Kier molecular flexibility index (Phi) is 5.86. The van der Waals surface area contributed by atoms with E-state index in [0.717, 1.165) is 30.7 Å². The normalized spacial score (nSPS) is 18.2. The lowest BCUT2D eigenvalue weighted by molar-refractivity contribution is -0.141. The van der Waals surface area contributed by atoms with E-state index in [4.69, 9.17) is 0 Å². The molecular formula is C17H18F3N3OS2. The van der Waals surface area contributed by atoms with Crippen LogP contribution in [0.25, 0.3) is 10.6 Å². The van der Waals surface area contributed by atoms with Crippen molar-refractivity contribution in [3.8, 4) is 10.6 Å². The predicted octanol–water partition coefficient (Wildman–Crippen LogP) is 4.57. The average Bonchev–Trinajstić information content (AvgIpc) is 3.13. The smallest absolute Gasteiger partial charge is 0.342 e. The number of carbonyl (C=O) groups excluding carboxylic acids is 1. The van der Waals surface area contributed by atoms with Crippen LogP contribution in [-0.2, 0) is 11.0 Å². The van der Waals surface area contributed by atoms with E-state index in [2.05, 4.69) is 16.9 Å². The number of hydrogen-bond acceptors (Lipinski definition) is 5. The summed E-state index contributed by atoms with van der Waals surface area (Å²) >= 11 is 2.27. The highest BCUT2D eigenvalue weighted by Crippen LogP contribution is 2.33. The van der Waals surface area contributed by atoms with Crippen LogP contribution in [0.3, 0.4) is 0 Å². The summed E-state index contributed by atoms with van der Waals surface area (Å²) in [6, 6.07) is 4.41. The Morgan fingerprint density at radius 3 is 2.88 bits per heavy atom. The molecule has 0 aromatic carbocycles. The van der Waals surface area contributed by atoms with Gasteiger partial charge in [0.15, 0.2) is 5.16 Å². The number of rotatable bonds is 4. The fourth-order valence-electron chi connectivity index (χ4n) is 2.82. The number of piperidine rings is 1. The monoisotopic (exact) mass is 401 g/mol. The van der Waals surface area contributed by atoms with Gasteiger partial charge in [0.05, 0.1) is 16.3 Å². The summed E-state index contributed by atoms with van der Waals surface area (Å²) in [6.07, 6.45) is -2.51. The highest BCUT2D eigenvalue weighted by atomic mass is 32.2. The molecule has 2 aromatic heterocycles. The van der Waals surface area contributed by atoms with Crippen LogP contribution in [0.4, 0.5) is 13.2 Å². The van der Waals surface area contributed by atoms with Crippen molar-refractivity contribution in [3.63, 3.8) is 0 Å². The third-order valence-corrected chi connectivity index (χ3v) is 5.83. The van der Waals surface area contributed by atoms with Gasteiger partial charge in [0.2, 0.25) is 5.91 Å². The summed E-state index contributed by atoms with van der Waals surface area (Å²) in [5.41, 5.74) is -0.763. The summed E-state index contributed by atoms with van der Waals surface area (Å²) in [7, 11) is 0. The van der Waals surface area contributed by atoms with Crippen molar-refractivity contribution < 1.29 is 18.0 Å². The van der Waals surface area contributed by atoms with Gasteiger partial charge in [-0.3, -0.25) is 4.79 Å². The first kappa shape index (κ1) is 19.2. The van der Waals surface area contributed by atoms with E-state index in [9.17, 15) is 18.0 Å². The lowest BCUT2D eigenvalue weighted by atomic mass is 10.0. The van der Waals surface area contributed by atoms with Crippen molar-refractivity contribution in [3.05, 3.63) is 29.3 Å². The van der Waals surface area contributed by atoms with Crippen molar-refractivity contribution >= 4 is 29.0 Å². The summed E-state index contributed by atoms with van der Waals surface area (Å²) in [5.74, 6) is 0.408. The molecule has 3 rings (SSSR count). The Morgan fingerprint density at radius 2 is 2.23 bits per heavy atom. The first-order valence-corrected chi connectivity index (χ1v) is 10.1. The molecule has 9 heteroatoms.